The predicted molar refractivity (Wildman–Crippen MR) is 93.4 cm³/mol. The molecule has 0 saturated heterocycles. The number of nitrogens with one attached hydrogen (secondary N) is 1. The average Bonchev–Trinajstić information content (AvgIpc) is 2.59. The van der Waals surface area contributed by atoms with Crippen LogP contribution in [0.4, 0.5) is 5.69 Å². The van der Waals surface area contributed by atoms with Crippen LogP contribution in [0.3, 0.4) is 0 Å². The smallest absolute Gasteiger partial charge is 0.357 e. The van der Waals surface area contributed by atoms with Gasteiger partial charge in [-0.25, -0.2) is 9.78 Å². The zero-order chi connectivity index (χ0) is 17.5. The number of ether oxygens (including phenoxy) is 1. The Morgan fingerprint density at radius 2 is 1.83 bits per heavy atom. The van der Waals surface area contributed by atoms with Gasteiger partial charge in [0.1, 0.15) is 5.69 Å². The highest BCUT2D eigenvalue weighted by atomic mass is 35.5. The lowest BCUT2D eigenvalue weighted by atomic mass is 10.0. The highest BCUT2D eigenvalue weighted by Crippen LogP contribution is 2.22. The highest BCUT2D eigenvalue weighted by Gasteiger charge is 2.14. The number of nitrogens with zero attached hydrogens (tertiary/aromatic N) is 1. The molecule has 2 rings (SSSR count). The molecule has 0 bridgehead atoms. The number of hydrogen-bond donors (Lipinski definition) is 1. The molecule has 6 heteroatoms. The monoisotopic (exact) mass is 346 g/mol. The van der Waals surface area contributed by atoms with Crippen LogP contribution in [0.2, 0.25) is 5.02 Å². The molecule has 0 unspecified atom stereocenters. The number of carbonyl (C=O) groups excluding carboxylic acids is 2. The molecule has 1 aromatic carbocycles. The molecule has 0 saturated carbocycles. The van der Waals surface area contributed by atoms with Crippen LogP contribution in [0.1, 0.15) is 35.5 Å². The van der Waals surface area contributed by atoms with Gasteiger partial charge in [0.2, 0.25) is 0 Å². The minimum Gasteiger partial charge on any atom is -0.451 e. The summed E-state index contributed by atoms with van der Waals surface area (Å²) in [7, 11) is 0. The molecule has 1 aromatic heterocycles. The van der Waals surface area contributed by atoms with Gasteiger partial charge in [0.05, 0.1) is 0 Å². The van der Waals surface area contributed by atoms with E-state index >= 15 is 0 Å². The number of hydrogen-bond acceptors (Lipinski definition) is 4. The number of rotatable bonds is 6. The highest BCUT2D eigenvalue weighted by molar-refractivity contribution is 6.30. The summed E-state index contributed by atoms with van der Waals surface area (Å²) in [5, 5.41) is 3.22. The average molecular weight is 347 g/mol. The number of para-hydroxylation sites is 1. The summed E-state index contributed by atoms with van der Waals surface area (Å²) in [6, 6.07) is 8.86. The number of aromatic nitrogens is 1. The first-order valence-electron chi connectivity index (χ1n) is 7.74. The number of aryl methyl sites for hydroxylation is 2. The molecule has 0 atom stereocenters. The Morgan fingerprint density at radius 1 is 1.17 bits per heavy atom. The molecule has 0 spiro atoms. The Hall–Kier alpha value is -2.40. The Labute approximate surface area is 146 Å². The second-order valence-corrected chi connectivity index (χ2v) is 5.58. The van der Waals surface area contributed by atoms with Gasteiger partial charge in [-0.05, 0) is 36.1 Å². The summed E-state index contributed by atoms with van der Waals surface area (Å²) < 4.78 is 4.99. The molecular formula is C18H19ClN2O3. The molecule has 0 fully saturated rings. The summed E-state index contributed by atoms with van der Waals surface area (Å²) in [6.07, 6.45) is 3.01. The van der Waals surface area contributed by atoms with Crippen molar-refractivity contribution >= 4 is 29.2 Å². The van der Waals surface area contributed by atoms with E-state index < -0.39 is 5.97 Å². The molecule has 1 amide bonds. The molecule has 1 N–H and O–H groups in total. The lowest BCUT2D eigenvalue weighted by Crippen LogP contribution is -2.22. The number of anilines is 1. The van der Waals surface area contributed by atoms with Crippen LogP contribution in [0, 0.1) is 0 Å². The van der Waals surface area contributed by atoms with Crippen molar-refractivity contribution in [3.8, 4) is 0 Å². The van der Waals surface area contributed by atoms with Crippen molar-refractivity contribution < 1.29 is 14.3 Å². The van der Waals surface area contributed by atoms with Crippen LogP contribution >= 0.6 is 11.6 Å². The van der Waals surface area contributed by atoms with Crippen LogP contribution in [-0.2, 0) is 22.4 Å². The van der Waals surface area contributed by atoms with Gasteiger partial charge in [-0.15, -0.1) is 0 Å². The second kappa shape index (κ2) is 8.45. The van der Waals surface area contributed by atoms with E-state index in [1.165, 1.54) is 12.3 Å². The summed E-state index contributed by atoms with van der Waals surface area (Å²) in [5.41, 5.74) is 2.96. The van der Waals surface area contributed by atoms with E-state index in [1.54, 1.807) is 6.07 Å². The third kappa shape index (κ3) is 4.55. The van der Waals surface area contributed by atoms with Crippen molar-refractivity contribution in [1.29, 1.82) is 0 Å². The van der Waals surface area contributed by atoms with Crippen molar-refractivity contribution in [1.82, 2.24) is 4.98 Å². The van der Waals surface area contributed by atoms with Crippen molar-refractivity contribution in [3.63, 3.8) is 0 Å². The van der Waals surface area contributed by atoms with Gasteiger partial charge < -0.3 is 10.1 Å². The van der Waals surface area contributed by atoms with Gasteiger partial charge in [-0.3, -0.25) is 4.79 Å². The number of benzene rings is 1. The van der Waals surface area contributed by atoms with Crippen molar-refractivity contribution in [3.05, 3.63) is 58.4 Å². The molecule has 0 aliphatic rings. The lowest BCUT2D eigenvalue weighted by Gasteiger charge is -2.14. The quantitative estimate of drug-likeness (QED) is 0.810. The maximum Gasteiger partial charge on any atom is 0.357 e. The van der Waals surface area contributed by atoms with Crippen molar-refractivity contribution in [2.24, 2.45) is 0 Å². The summed E-state index contributed by atoms with van der Waals surface area (Å²) >= 11 is 5.80. The van der Waals surface area contributed by atoms with Gasteiger partial charge in [-0.2, -0.15) is 0 Å². The summed E-state index contributed by atoms with van der Waals surface area (Å²) in [5.74, 6) is -1.08. The Morgan fingerprint density at radius 3 is 2.42 bits per heavy atom. The fraction of sp³-hybridized carbons (Fsp3) is 0.278. The number of esters is 1. The van der Waals surface area contributed by atoms with Crippen LogP contribution < -0.4 is 5.32 Å². The minimum atomic E-state index is -0.688. The Balaban J connectivity index is 2.00. The molecule has 126 valence electrons. The first-order valence-corrected chi connectivity index (χ1v) is 8.12. The van der Waals surface area contributed by atoms with Crippen LogP contribution in [0.5, 0.6) is 0 Å². The number of pyridine rings is 1. The van der Waals surface area contributed by atoms with Gasteiger partial charge in [0.25, 0.3) is 5.91 Å². The fourth-order valence-corrected chi connectivity index (χ4v) is 2.46. The van der Waals surface area contributed by atoms with Crippen molar-refractivity contribution in [2.45, 2.75) is 26.7 Å². The minimum absolute atomic E-state index is 0.0681. The molecule has 2 aromatic rings. The van der Waals surface area contributed by atoms with E-state index in [0.29, 0.717) is 5.02 Å². The van der Waals surface area contributed by atoms with Crippen molar-refractivity contribution in [2.75, 3.05) is 11.9 Å². The second-order valence-electron chi connectivity index (χ2n) is 5.14. The zero-order valence-corrected chi connectivity index (χ0v) is 14.4. The third-order valence-electron chi connectivity index (χ3n) is 3.53. The first kappa shape index (κ1) is 17.9. The zero-order valence-electron chi connectivity index (χ0n) is 13.6. The largest absolute Gasteiger partial charge is 0.451 e. The van der Waals surface area contributed by atoms with E-state index in [4.69, 9.17) is 16.3 Å². The standard InChI is InChI=1S/C18H19ClN2O3/c1-3-12-6-5-7-13(4-2)17(12)21-16(22)11-24-18(23)15-10-14(19)8-9-20-15/h5-10H,3-4,11H2,1-2H3,(H,21,22). The van der Waals surface area contributed by atoms with Gasteiger partial charge in [0.15, 0.2) is 6.61 Å². The predicted octanol–water partition coefficient (Wildman–Crippen LogP) is 3.66. The normalized spacial score (nSPS) is 10.3. The molecule has 0 radical (unpaired) electrons. The maximum atomic E-state index is 12.1. The topological polar surface area (TPSA) is 68.3 Å². The van der Waals surface area contributed by atoms with Crippen LogP contribution in [-0.4, -0.2) is 23.5 Å². The SMILES string of the molecule is CCc1cccc(CC)c1NC(=O)COC(=O)c1cc(Cl)ccn1. The van der Waals surface area contributed by atoms with Crippen LogP contribution in [0.15, 0.2) is 36.5 Å². The number of carbonyl (C=O) groups is 2. The first-order chi connectivity index (χ1) is 11.5. The molecule has 1 heterocycles. The van der Waals surface area contributed by atoms with E-state index in [9.17, 15) is 9.59 Å². The van der Waals surface area contributed by atoms with E-state index in [1.807, 2.05) is 32.0 Å². The van der Waals surface area contributed by atoms with E-state index in [2.05, 4.69) is 10.3 Å². The fourth-order valence-electron chi connectivity index (χ4n) is 2.30. The number of amides is 1. The van der Waals surface area contributed by atoms with Gasteiger partial charge in [0, 0.05) is 16.9 Å². The van der Waals surface area contributed by atoms with Gasteiger partial charge >= 0.3 is 5.97 Å². The lowest BCUT2D eigenvalue weighted by molar-refractivity contribution is -0.119. The molecule has 24 heavy (non-hydrogen) atoms. The maximum absolute atomic E-state index is 12.1. The van der Waals surface area contributed by atoms with E-state index in [0.717, 1.165) is 29.7 Å². The number of halogens is 1. The molecule has 0 aliphatic heterocycles. The summed E-state index contributed by atoms with van der Waals surface area (Å²) in [6.45, 7) is 3.67. The summed E-state index contributed by atoms with van der Waals surface area (Å²) in [4.78, 5) is 27.9. The molecule has 5 nitrogen and oxygen atoms in total. The van der Waals surface area contributed by atoms with E-state index in [-0.39, 0.29) is 18.2 Å². The Kier molecular flexibility index (Phi) is 6.32. The molecular weight excluding hydrogens is 328 g/mol. The van der Waals surface area contributed by atoms with Gasteiger partial charge in [-0.1, -0.05) is 43.6 Å². The Bertz CT molecular complexity index is 725. The van der Waals surface area contributed by atoms with Crippen LogP contribution in [0.25, 0.3) is 0 Å². The molecule has 0 aliphatic carbocycles. The third-order valence-corrected chi connectivity index (χ3v) is 3.76.